The molecule has 0 aliphatic carbocycles. The summed E-state index contributed by atoms with van der Waals surface area (Å²) >= 11 is 4.17. The van der Waals surface area contributed by atoms with Crippen molar-refractivity contribution in [3.05, 3.63) is 33.7 Å². The molecule has 0 spiro atoms. The number of thiol groups is 1. The van der Waals surface area contributed by atoms with Crippen molar-refractivity contribution >= 4 is 24.3 Å². The summed E-state index contributed by atoms with van der Waals surface area (Å²) in [6.07, 6.45) is 0. The number of rotatable bonds is 2. The smallest absolute Gasteiger partial charge is 0.338 e. The van der Waals surface area contributed by atoms with E-state index in [2.05, 4.69) is 27.4 Å². The Morgan fingerprint density at radius 2 is 2.27 bits per heavy atom. The molecule has 1 rings (SSSR count). The van der Waals surface area contributed by atoms with Crippen molar-refractivity contribution in [3.63, 3.8) is 0 Å². The Balaban J connectivity index is 3.37. The van der Waals surface area contributed by atoms with Crippen molar-refractivity contribution in [1.29, 1.82) is 0 Å². The highest BCUT2D eigenvalue weighted by Crippen LogP contribution is 2.25. The van der Waals surface area contributed by atoms with Gasteiger partial charge >= 0.3 is 5.97 Å². The van der Waals surface area contributed by atoms with Crippen molar-refractivity contribution in [2.24, 2.45) is 5.11 Å². The molecule has 0 saturated heterocycles. The van der Waals surface area contributed by atoms with Gasteiger partial charge in [-0.05, 0) is 30.2 Å². The lowest BCUT2D eigenvalue weighted by Gasteiger charge is -2.07. The third-order valence-electron chi connectivity index (χ3n) is 1.93. The van der Waals surface area contributed by atoms with Gasteiger partial charge in [-0.3, -0.25) is 0 Å². The molecule has 0 aliphatic heterocycles. The number of ether oxygens (including phenoxy) is 1. The topological polar surface area (TPSA) is 75.1 Å². The molecule has 0 amide bonds. The Kier molecular flexibility index (Phi) is 3.60. The first-order valence-electron chi connectivity index (χ1n) is 4.07. The van der Waals surface area contributed by atoms with Crippen LogP contribution in [-0.4, -0.2) is 13.1 Å². The van der Waals surface area contributed by atoms with Gasteiger partial charge in [-0.1, -0.05) is 5.11 Å². The molecule has 0 unspecified atom stereocenters. The molecule has 0 aromatic heterocycles. The number of hydrogen-bond acceptors (Lipinski definition) is 4. The van der Waals surface area contributed by atoms with Gasteiger partial charge in [0.2, 0.25) is 0 Å². The van der Waals surface area contributed by atoms with E-state index in [1.165, 1.54) is 13.2 Å². The fraction of sp³-hybridized carbons (Fsp3) is 0.222. The van der Waals surface area contributed by atoms with Crippen LogP contribution in [0.3, 0.4) is 0 Å². The molecule has 0 N–H and O–H groups in total. The molecule has 5 nitrogen and oxygen atoms in total. The standard InChI is InChI=1S/C9H9N3O2S/c1-5-7(9(13)14-2)3-6(11-12-10)4-8(5)15/h3-4,15H,1-2H3. The fourth-order valence-corrected chi connectivity index (χ4v) is 1.37. The van der Waals surface area contributed by atoms with Crippen molar-refractivity contribution in [2.45, 2.75) is 11.8 Å². The third-order valence-corrected chi connectivity index (χ3v) is 2.40. The highest BCUT2D eigenvalue weighted by molar-refractivity contribution is 7.80. The number of benzene rings is 1. The molecule has 1 aromatic carbocycles. The second-order valence-corrected chi connectivity index (χ2v) is 3.30. The summed E-state index contributed by atoms with van der Waals surface area (Å²) in [5, 5.41) is 3.41. The Morgan fingerprint density at radius 1 is 1.60 bits per heavy atom. The van der Waals surface area contributed by atoms with Crippen LogP contribution in [0.1, 0.15) is 15.9 Å². The fourth-order valence-electron chi connectivity index (χ4n) is 1.12. The average Bonchev–Trinajstić information content (AvgIpc) is 2.22. The molecule has 6 heteroatoms. The molecule has 78 valence electrons. The summed E-state index contributed by atoms with van der Waals surface area (Å²) < 4.78 is 4.60. The van der Waals surface area contributed by atoms with Gasteiger partial charge in [-0.2, -0.15) is 0 Å². The van der Waals surface area contributed by atoms with E-state index in [4.69, 9.17) is 5.53 Å². The maximum absolute atomic E-state index is 11.4. The van der Waals surface area contributed by atoms with E-state index in [0.29, 0.717) is 21.7 Å². The van der Waals surface area contributed by atoms with Crippen molar-refractivity contribution < 1.29 is 9.53 Å². The van der Waals surface area contributed by atoms with Gasteiger partial charge in [0, 0.05) is 15.5 Å². The van der Waals surface area contributed by atoms with Crippen LogP contribution < -0.4 is 0 Å². The number of methoxy groups -OCH3 is 1. The van der Waals surface area contributed by atoms with E-state index in [0.717, 1.165) is 0 Å². The maximum atomic E-state index is 11.4. The van der Waals surface area contributed by atoms with Crippen LogP contribution in [0.2, 0.25) is 0 Å². The number of hydrogen-bond donors (Lipinski definition) is 1. The van der Waals surface area contributed by atoms with E-state index in [1.807, 2.05) is 0 Å². The van der Waals surface area contributed by atoms with Crippen molar-refractivity contribution in [2.75, 3.05) is 7.11 Å². The van der Waals surface area contributed by atoms with Crippen molar-refractivity contribution in [1.82, 2.24) is 0 Å². The van der Waals surface area contributed by atoms with E-state index < -0.39 is 5.97 Å². The molecule has 0 bridgehead atoms. The zero-order chi connectivity index (χ0) is 11.4. The molecular weight excluding hydrogens is 214 g/mol. The lowest BCUT2D eigenvalue weighted by Crippen LogP contribution is -2.03. The summed E-state index contributed by atoms with van der Waals surface area (Å²) in [5.41, 5.74) is 9.68. The van der Waals surface area contributed by atoms with Crippen LogP contribution in [0.15, 0.2) is 22.1 Å². The van der Waals surface area contributed by atoms with Crippen LogP contribution in [0, 0.1) is 6.92 Å². The van der Waals surface area contributed by atoms with Crippen LogP contribution >= 0.6 is 12.6 Å². The normalized spacial score (nSPS) is 9.27. The first-order valence-corrected chi connectivity index (χ1v) is 4.52. The van der Waals surface area contributed by atoms with Gasteiger partial charge in [0.15, 0.2) is 0 Å². The largest absolute Gasteiger partial charge is 0.465 e. The van der Waals surface area contributed by atoms with Crippen molar-refractivity contribution in [3.8, 4) is 0 Å². The summed E-state index contributed by atoms with van der Waals surface area (Å²) in [5.74, 6) is -0.474. The predicted octanol–water partition coefficient (Wildman–Crippen LogP) is 3.01. The second kappa shape index (κ2) is 4.72. The van der Waals surface area contributed by atoms with Gasteiger partial charge in [0.05, 0.1) is 12.7 Å². The molecule has 0 radical (unpaired) electrons. The number of esters is 1. The highest BCUT2D eigenvalue weighted by atomic mass is 32.1. The van der Waals surface area contributed by atoms with Gasteiger partial charge in [0.25, 0.3) is 0 Å². The second-order valence-electron chi connectivity index (χ2n) is 2.82. The summed E-state index contributed by atoms with van der Waals surface area (Å²) in [6.45, 7) is 1.74. The predicted molar refractivity (Wildman–Crippen MR) is 58.6 cm³/mol. The SMILES string of the molecule is COC(=O)c1cc(N=[N+]=[N-])cc(S)c1C. The van der Waals surface area contributed by atoms with Crippen LogP contribution in [0.4, 0.5) is 5.69 Å². The minimum absolute atomic E-state index is 0.341. The molecule has 0 fully saturated rings. The van der Waals surface area contributed by atoms with Crippen LogP contribution in [0.5, 0.6) is 0 Å². The van der Waals surface area contributed by atoms with E-state index in [-0.39, 0.29) is 0 Å². The molecule has 1 aromatic rings. The molecular formula is C9H9N3O2S. The zero-order valence-electron chi connectivity index (χ0n) is 8.26. The lowest BCUT2D eigenvalue weighted by molar-refractivity contribution is 0.0599. The summed E-state index contributed by atoms with van der Waals surface area (Å²) in [4.78, 5) is 14.6. The molecule has 0 atom stereocenters. The van der Waals surface area contributed by atoms with Crippen LogP contribution in [-0.2, 0) is 4.74 Å². The number of azide groups is 1. The lowest BCUT2D eigenvalue weighted by atomic mass is 10.1. The Hall–Kier alpha value is -1.65. The number of nitrogens with zero attached hydrogens (tertiary/aromatic N) is 3. The summed E-state index contributed by atoms with van der Waals surface area (Å²) in [7, 11) is 1.29. The quantitative estimate of drug-likeness (QED) is 0.275. The van der Waals surface area contributed by atoms with E-state index in [1.54, 1.807) is 13.0 Å². The summed E-state index contributed by atoms with van der Waals surface area (Å²) in [6, 6.07) is 3.06. The van der Waals surface area contributed by atoms with Gasteiger partial charge in [-0.15, -0.1) is 12.6 Å². The molecule has 0 heterocycles. The Morgan fingerprint density at radius 3 is 2.80 bits per heavy atom. The van der Waals surface area contributed by atoms with Gasteiger partial charge in [0.1, 0.15) is 0 Å². The minimum Gasteiger partial charge on any atom is -0.465 e. The van der Waals surface area contributed by atoms with Crippen LogP contribution in [0.25, 0.3) is 10.4 Å². The number of carbonyl (C=O) groups excluding carboxylic acids is 1. The van der Waals surface area contributed by atoms with E-state index in [9.17, 15) is 4.79 Å². The third kappa shape index (κ3) is 2.43. The first-order chi connectivity index (χ1) is 7.10. The maximum Gasteiger partial charge on any atom is 0.338 e. The Bertz CT molecular complexity index is 453. The number of carbonyl (C=O) groups is 1. The highest BCUT2D eigenvalue weighted by Gasteiger charge is 2.12. The Labute approximate surface area is 92.1 Å². The van der Waals surface area contributed by atoms with Gasteiger partial charge in [-0.25, -0.2) is 4.79 Å². The average molecular weight is 223 g/mol. The molecule has 0 aliphatic rings. The molecule has 15 heavy (non-hydrogen) atoms. The van der Waals surface area contributed by atoms with E-state index >= 15 is 0 Å². The monoisotopic (exact) mass is 223 g/mol. The zero-order valence-corrected chi connectivity index (χ0v) is 9.15. The van der Waals surface area contributed by atoms with Gasteiger partial charge < -0.3 is 4.74 Å². The first kappa shape index (κ1) is 11.4. The molecule has 0 saturated carbocycles. The minimum atomic E-state index is -0.474.